The van der Waals surface area contributed by atoms with Gasteiger partial charge in [-0.1, -0.05) is 392 Å². The minimum atomic E-state index is -4.35. The Labute approximate surface area is 520 Å². The van der Waals surface area contributed by atoms with Gasteiger partial charge in [0, 0.05) is 6.42 Å². The van der Waals surface area contributed by atoms with Crippen molar-refractivity contribution >= 4 is 13.7 Å². The summed E-state index contributed by atoms with van der Waals surface area (Å²) in [4.78, 5) is 23.4. The van der Waals surface area contributed by atoms with Crippen LogP contribution in [0.5, 0.6) is 0 Å². The SMILES string of the molecule is CCCCCCCCCCCCCCCCCCCCCCCCC/C=C/C(O)C(COP(=O)(O)OCC[N+](C)(C)C)NC(=O)CCCCCCCCCCCCCCCCCCCCCCCCCCCCCCCCCCCCCC. The van der Waals surface area contributed by atoms with Gasteiger partial charge in [0.2, 0.25) is 5.91 Å². The lowest BCUT2D eigenvalue weighted by atomic mass is 10.0. The number of phosphoric acid groups is 1. The Morgan fingerprint density at radius 3 is 0.892 bits per heavy atom. The fourth-order valence-electron chi connectivity index (χ4n) is 11.9. The first-order valence-corrected chi connectivity index (χ1v) is 39.1. The lowest BCUT2D eigenvalue weighted by molar-refractivity contribution is -0.870. The summed E-state index contributed by atoms with van der Waals surface area (Å²) in [7, 11) is 1.60. The highest BCUT2D eigenvalue weighted by molar-refractivity contribution is 7.47. The third-order valence-corrected chi connectivity index (χ3v) is 18.7. The normalized spacial score (nSPS) is 13.6. The summed E-state index contributed by atoms with van der Waals surface area (Å²) in [5, 5.41) is 14.0. The molecule has 0 saturated heterocycles. The second-order valence-electron chi connectivity index (χ2n) is 27.4. The summed E-state index contributed by atoms with van der Waals surface area (Å²) in [6.07, 6.45) is 85.3. The van der Waals surface area contributed by atoms with Gasteiger partial charge in [-0.3, -0.25) is 13.8 Å². The molecule has 3 N–H and O–H groups in total. The zero-order valence-electron chi connectivity index (χ0n) is 57.0. The molecule has 1 amide bonds. The van der Waals surface area contributed by atoms with Crippen LogP contribution in [-0.4, -0.2) is 73.4 Å². The molecule has 0 spiro atoms. The summed E-state index contributed by atoms with van der Waals surface area (Å²) < 4.78 is 23.9. The standard InChI is InChI=1S/C74H149N2O6P/c1-6-8-10-12-14-16-18-20-22-24-26-28-30-32-33-34-35-36-37-38-39-40-41-42-44-46-48-50-52-54-56-58-60-62-64-66-68-74(78)75-72(71-82-83(79,80)81-70-69-76(3,4)5)73(77)67-65-63-61-59-57-55-53-51-49-47-45-43-31-29-27-25-23-21-19-17-15-13-11-9-7-2/h65,67,72-73,77H,6-64,66,68-71H2,1-5H3,(H-,75,78,79,80)/p+1/b67-65+. The van der Waals surface area contributed by atoms with Crippen LogP contribution in [0.3, 0.4) is 0 Å². The number of quaternary nitrogens is 1. The van der Waals surface area contributed by atoms with E-state index in [9.17, 15) is 19.4 Å². The van der Waals surface area contributed by atoms with Gasteiger partial charge in [0.15, 0.2) is 0 Å². The van der Waals surface area contributed by atoms with Crippen LogP contribution in [0.25, 0.3) is 0 Å². The number of carbonyl (C=O) groups excluding carboxylic acids is 1. The Kier molecular flexibility index (Phi) is 65.1. The van der Waals surface area contributed by atoms with Crippen molar-refractivity contribution in [3.8, 4) is 0 Å². The Bertz CT molecular complexity index is 1360. The molecule has 0 bridgehead atoms. The lowest BCUT2D eigenvalue weighted by Gasteiger charge is -2.25. The van der Waals surface area contributed by atoms with Crippen LogP contribution in [0.1, 0.15) is 406 Å². The van der Waals surface area contributed by atoms with Gasteiger partial charge >= 0.3 is 7.82 Å². The van der Waals surface area contributed by atoms with E-state index in [0.717, 1.165) is 32.1 Å². The number of nitrogens with zero attached hydrogens (tertiary/aromatic N) is 1. The molecule has 0 heterocycles. The van der Waals surface area contributed by atoms with E-state index in [2.05, 4.69) is 19.2 Å². The van der Waals surface area contributed by atoms with Gasteiger partial charge in [-0.15, -0.1) is 0 Å². The minimum absolute atomic E-state index is 0.0656. The second-order valence-corrected chi connectivity index (χ2v) is 28.8. The summed E-state index contributed by atoms with van der Waals surface area (Å²) in [6.45, 7) is 4.89. The van der Waals surface area contributed by atoms with Gasteiger partial charge < -0.3 is 19.8 Å². The van der Waals surface area contributed by atoms with Crippen molar-refractivity contribution in [2.24, 2.45) is 0 Å². The van der Waals surface area contributed by atoms with E-state index < -0.39 is 20.0 Å². The molecule has 8 nitrogen and oxygen atoms in total. The molecule has 0 aliphatic carbocycles. The number of allylic oxidation sites excluding steroid dienone is 1. The van der Waals surface area contributed by atoms with Crippen LogP contribution in [-0.2, 0) is 18.4 Å². The number of hydrogen-bond donors (Lipinski definition) is 3. The van der Waals surface area contributed by atoms with Gasteiger partial charge in [0.05, 0.1) is 39.9 Å². The van der Waals surface area contributed by atoms with E-state index in [4.69, 9.17) is 9.05 Å². The number of likely N-dealkylation sites (N-methyl/N-ethyl adjacent to an activating group) is 1. The highest BCUT2D eigenvalue weighted by atomic mass is 31.2. The van der Waals surface area contributed by atoms with Gasteiger partial charge in [0.25, 0.3) is 0 Å². The molecule has 0 saturated carbocycles. The summed E-state index contributed by atoms with van der Waals surface area (Å²) in [5.41, 5.74) is 0. The fourth-order valence-corrected chi connectivity index (χ4v) is 12.7. The predicted octanol–water partition coefficient (Wildman–Crippen LogP) is 24.1. The quantitative estimate of drug-likeness (QED) is 0.0243. The summed E-state index contributed by atoms with van der Waals surface area (Å²) in [5.74, 6) is -0.166. The maximum Gasteiger partial charge on any atom is 0.472 e. The lowest BCUT2D eigenvalue weighted by Crippen LogP contribution is -2.45. The molecule has 0 aromatic carbocycles. The molecule has 496 valence electrons. The van der Waals surface area contributed by atoms with Crippen molar-refractivity contribution in [2.45, 2.75) is 418 Å². The van der Waals surface area contributed by atoms with Crippen molar-refractivity contribution in [2.75, 3.05) is 40.9 Å². The Balaban J connectivity index is 3.94. The van der Waals surface area contributed by atoms with Crippen LogP contribution >= 0.6 is 7.82 Å². The number of carbonyl (C=O) groups is 1. The van der Waals surface area contributed by atoms with Gasteiger partial charge in [-0.2, -0.15) is 0 Å². The van der Waals surface area contributed by atoms with E-state index >= 15 is 0 Å². The molecule has 0 fully saturated rings. The highest BCUT2D eigenvalue weighted by Crippen LogP contribution is 2.43. The highest BCUT2D eigenvalue weighted by Gasteiger charge is 2.28. The largest absolute Gasteiger partial charge is 0.472 e. The van der Waals surface area contributed by atoms with Crippen molar-refractivity contribution in [1.29, 1.82) is 0 Å². The molecule has 0 rings (SSSR count). The van der Waals surface area contributed by atoms with E-state index in [-0.39, 0.29) is 19.1 Å². The summed E-state index contributed by atoms with van der Waals surface area (Å²) >= 11 is 0. The van der Waals surface area contributed by atoms with E-state index in [1.807, 2.05) is 27.2 Å². The third kappa shape index (κ3) is 68.6. The smallest absolute Gasteiger partial charge is 0.387 e. The molecule has 0 aliphatic heterocycles. The molecule has 0 radical (unpaired) electrons. The van der Waals surface area contributed by atoms with Crippen molar-refractivity contribution in [3.05, 3.63) is 12.2 Å². The Hall–Kier alpha value is -0.760. The maximum atomic E-state index is 13.1. The zero-order chi connectivity index (χ0) is 60.5. The number of phosphoric ester groups is 1. The first-order valence-electron chi connectivity index (χ1n) is 37.6. The van der Waals surface area contributed by atoms with Crippen molar-refractivity contribution in [3.63, 3.8) is 0 Å². The van der Waals surface area contributed by atoms with Crippen LogP contribution in [0, 0.1) is 0 Å². The zero-order valence-corrected chi connectivity index (χ0v) is 57.9. The van der Waals surface area contributed by atoms with Crippen molar-refractivity contribution < 1.29 is 32.9 Å². The molecule has 3 atom stereocenters. The average Bonchev–Trinajstić information content (AvgIpc) is 3.49. The number of nitrogens with one attached hydrogen (secondary N) is 1. The fraction of sp³-hybridized carbons (Fsp3) is 0.959. The van der Waals surface area contributed by atoms with E-state index in [1.54, 1.807) is 6.08 Å². The molecule has 3 unspecified atom stereocenters. The molecule has 0 aliphatic rings. The second kappa shape index (κ2) is 65.7. The Morgan fingerprint density at radius 2 is 0.639 bits per heavy atom. The number of rotatable bonds is 71. The van der Waals surface area contributed by atoms with Crippen molar-refractivity contribution in [1.82, 2.24) is 5.32 Å². The van der Waals surface area contributed by atoms with Gasteiger partial charge in [-0.05, 0) is 19.3 Å². The maximum absolute atomic E-state index is 13.1. The van der Waals surface area contributed by atoms with Gasteiger partial charge in [-0.25, -0.2) is 4.57 Å². The molecule has 83 heavy (non-hydrogen) atoms. The minimum Gasteiger partial charge on any atom is -0.387 e. The summed E-state index contributed by atoms with van der Waals surface area (Å²) in [6, 6.07) is -0.844. The Morgan fingerprint density at radius 1 is 0.398 bits per heavy atom. The number of hydrogen-bond acceptors (Lipinski definition) is 5. The topological polar surface area (TPSA) is 105 Å². The van der Waals surface area contributed by atoms with Gasteiger partial charge in [0.1, 0.15) is 13.2 Å². The molecule has 0 aromatic heterocycles. The van der Waals surface area contributed by atoms with Crippen LogP contribution in [0.2, 0.25) is 0 Å². The first kappa shape index (κ1) is 82.2. The van der Waals surface area contributed by atoms with Crippen LogP contribution < -0.4 is 5.32 Å². The number of unbranched alkanes of at least 4 members (excludes halogenated alkanes) is 58. The number of aliphatic hydroxyl groups is 1. The number of amides is 1. The average molecular weight is 1190 g/mol. The molecular formula is C74H150N2O6P+. The number of aliphatic hydroxyl groups excluding tert-OH is 1. The monoisotopic (exact) mass is 1190 g/mol. The van der Waals surface area contributed by atoms with E-state index in [0.29, 0.717) is 17.4 Å². The van der Waals surface area contributed by atoms with E-state index in [1.165, 1.54) is 353 Å². The predicted molar refractivity (Wildman–Crippen MR) is 365 cm³/mol. The van der Waals surface area contributed by atoms with Crippen LogP contribution in [0.4, 0.5) is 0 Å². The molecular weight excluding hydrogens is 1040 g/mol. The van der Waals surface area contributed by atoms with Crippen LogP contribution in [0.15, 0.2) is 12.2 Å². The molecule has 0 aromatic rings. The molecule has 9 heteroatoms. The third-order valence-electron chi connectivity index (χ3n) is 17.8. The first-order chi connectivity index (χ1) is 40.5.